The maximum absolute atomic E-state index is 12.1. The average molecular weight is 297 g/mol. The number of hydrogen-bond acceptors (Lipinski definition) is 5. The minimum atomic E-state index is -3.29. The van der Waals surface area contributed by atoms with Crippen LogP contribution in [0.5, 0.6) is 0 Å². The molecule has 0 aliphatic heterocycles. The van der Waals surface area contributed by atoms with E-state index in [1.165, 1.54) is 37.1 Å². The molecule has 0 amide bonds. The third-order valence-electron chi connectivity index (χ3n) is 3.29. The van der Waals surface area contributed by atoms with Crippen LogP contribution in [0.25, 0.3) is 0 Å². The molecule has 0 radical (unpaired) electrons. The van der Waals surface area contributed by atoms with Crippen LogP contribution in [0, 0.1) is 5.92 Å². The Labute approximate surface area is 118 Å². The maximum Gasteiger partial charge on any atom is 0.179 e. The average Bonchev–Trinajstić information content (AvgIpc) is 3.27. The summed E-state index contributed by atoms with van der Waals surface area (Å²) in [7, 11) is -3.29. The Morgan fingerprint density at radius 3 is 2.55 bits per heavy atom. The molecule has 2 rings (SSSR count). The lowest BCUT2D eigenvalue weighted by Gasteiger charge is -2.06. The minimum absolute atomic E-state index is 0.0416. The Morgan fingerprint density at radius 1 is 1.35 bits per heavy atom. The van der Waals surface area contributed by atoms with Gasteiger partial charge in [-0.2, -0.15) is 0 Å². The molecule has 20 heavy (non-hydrogen) atoms. The lowest BCUT2D eigenvalue weighted by molar-refractivity contribution is 0.318. The molecule has 0 aromatic heterocycles. The summed E-state index contributed by atoms with van der Waals surface area (Å²) in [6.07, 6.45) is 2.49. The van der Waals surface area contributed by atoms with Gasteiger partial charge < -0.3 is 16.3 Å². The van der Waals surface area contributed by atoms with Crippen molar-refractivity contribution >= 4 is 15.7 Å². The fourth-order valence-electron chi connectivity index (χ4n) is 1.84. The van der Waals surface area contributed by atoms with E-state index in [9.17, 15) is 8.42 Å². The molecule has 0 atom stereocenters. The summed E-state index contributed by atoms with van der Waals surface area (Å²) in [6.45, 7) is 1.36. The summed E-state index contributed by atoms with van der Waals surface area (Å²) in [5.41, 5.74) is 5.91. The molecule has 1 saturated carbocycles. The van der Waals surface area contributed by atoms with Gasteiger partial charge in [0.25, 0.3) is 0 Å². The van der Waals surface area contributed by atoms with Crippen molar-refractivity contribution in [1.82, 2.24) is 5.32 Å². The van der Waals surface area contributed by atoms with Crippen molar-refractivity contribution < 1.29 is 13.6 Å². The number of amidine groups is 1. The van der Waals surface area contributed by atoms with Crippen LogP contribution in [0.4, 0.5) is 0 Å². The van der Waals surface area contributed by atoms with Crippen molar-refractivity contribution in [3.8, 4) is 0 Å². The number of benzene rings is 1. The van der Waals surface area contributed by atoms with Crippen molar-refractivity contribution in [2.45, 2.75) is 17.7 Å². The zero-order chi connectivity index (χ0) is 14.6. The highest BCUT2D eigenvalue weighted by Gasteiger charge is 2.21. The first-order valence-electron chi connectivity index (χ1n) is 6.54. The predicted molar refractivity (Wildman–Crippen MR) is 76.6 cm³/mol. The second-order valence-electron chi connectivity index (χ2n) is 4.98. The van der Waals surface area contributed by atoms with Crippen molar-refractivity contribution in [2.24, 2.45) is 16.8 Å². The molecule has 0 spiro atoms. The number of nitrogens with two attached hydrogens (primary N) is 1. The predicted octanol–water partition coefficient (Wildman–Crippen LogP) is 0.554. The standard InChI is InChI=1S/C13H19N3O3S/c14-13(16-17)11-3-5-12(6-4-11)20(18,19)8-7-15-9-10-1-2-10/h3-6,10,15,17H,1-2,7-9H2,(H2,14,16). The fourth-order valence-corrected chi connectivity index (χ4v) is 3.04. The van der Waals surface area contributed by atoms with Gasteiger partial charge in [-0.3, -0.25) is 0 Å². The zero-order valence-electron chi connectivity index (χ0n) is 11.1. The lowest BCUT2D eigenvalue weighted by Crippen LogP contribution is -2.25. The van der Waals surface area contributed by atoms with E-state index in [2.05, 4.69) is 10.5 Å². The third kappa shape index (κ3) is 3.94. The van der Waals surface area contributed by atoms with E-state index in [0.717, 1.165) is 12.5 Å². The van der Waals surface area contributed by atoms with Crippen LogP contribution < -0.4 is 11.1 Å². The van der Waals surface area contributed by atoms with Crippen LogP contribution in [0.1, 0.15) is 18.4 Å². The van der Waals surface area contributed by atoms with Crippen molar-refractivity contribution in [3.63, 3.8) is 0 Å². The van der Waals surface area contributed by atoms with Gasteiger partial charge in [0.15, 0.2) is 15.7 Å². The monoisotopic (exact) mass is 297 g/mol. The summed E-state index contributed by atoms with van der Waals surface area (Å²) in [4.78, 5) is 0.250. The van der Waals surface area contributed by atoms with Gasteiger partial charge in [-0.15, -0.1) is 0 Å². The van der Waals surface area contributed by atoms with E-state index in [0.29, 0.717) is 12.1 Å². The van der Waals surface area contributed by atoms with E-state index in [4.69, 9.17) is 10.9 Å². The molecule has 1 aromatic rings. The third-order valence-corrected chi connectivity index (χ3v) is 5.03. The van der Waals surface area contributed by atoms with Crippen LogP contribution in [0.2, 0.25) is 0 Å². The molecular weight excluding hydrogens is 278 g/mol. The van der Waals surface area contributed by atoms with Gasteiger partial charge in [-0.1, -0.05) is 5.16 Å². The molecule has 0 bridgehead atoms. The SMILES string of the molecule is N/C(=N/O)c1ccc(S(=O)(=O)CCNCC2CC2)cc1. The van der Waals surface area contributed by atoms with Gasteiger partial charge in [-0.25, -0.2) is 8.42 Å². The molecule has 1 aromatic carbocycles. The van der Waals surface area contributed by atoms with Crippen molar-refractivity contribution in [3.05, 3.63) is 29.8 Å². The molecule has 1 aliphatic rings. The van der Waals surface area contributed by atoms with Crippen LogP contribution in [0.15, 0.2) is 34.3 Å². The van der Waals surface area contributed by atoms with Crippen molar-refractivity contribution in [1.29, 1.82) is 0 Å². The Kier molecular flexibility index (Phi) is 4.61. The Hall–Kier alpha value is -1.60. The van der Waals surface area contributed by atoms with Gasteiger partial charge >= 0.3 is 0 Å². The maximum atomic E-state index is 12.1. The van der Waals surface area contributed by atoms with E-state index in [1.807, 2.05) is 0 Å². The number of rotatable bonds is 7. The fraction of sp³-hybridized carbons (Fsp3) is 0.462. The molecule has 6 nitrogen and oxygen atoms in total. The summed E-state index contributed by atoms with van der Waals surface area (Å²) in [5.74, 6) is 0.764. The zero-order valence-corrected chi connectivity index (χ0v) is 11.9. The number of hydrogen-bond donors (Lipinski definition) is 3. The minimum Gasteiger partial charge on any atom is -0.409 e. The van der Waals surface area contributed by atoms with E-state index >= 15 is 0 Å². The van der Waals surface area contributed by atoms with E-state index < -0.39 is 9.84 Å². The smallest absolute Gasteiger partial charge is 0.179 e. The van der Waals surface area contributed by atoms with Crippen molar-refractivity contribution in [2.75, 3.05) is 18.8 Å². The normalized spacial score (nSPS) is 16.3. The van der Waals surface area contributed by atoms with Crippen LogP contribution >= 0.6 is 0 Å². The van der Waals surface area contributed by atoms with E-state index in [-0.39, 0.29) is 16.5 Å². The molecule has 0 unspecified atom stereocenters. The highest BCUT2D eigenvalue weighted by Crippen LogP contribution is 2.27. The topological polar surface area (TPSA) is 105 Å². The van der Waals surface area contributed by atoms with E-state index in [1.54, 1.807) is 0 Å². The van der Waals surface area contributed by atoms with Gasteiger partial charge in [0.2, 0.25) is 0 Å². The number of oxime groups is 1. The largest absolute Gasteiger partial charge is 0.409 e. The van der Waals surface area contributed by atoms with Gasteiger partial charge in [0, 0.05) is 12.1 Å². The van der Waals surface area contributed by atoms with Gasteiger partial charge in [0.1, 0.15) is 0 Å². The molecule has 7 heteroatoms. The second kappa shape index (κ2) is 6.23. The summed E-state index contributed by atoms with van der Waals surface area (Å²) in [6, 6.07) is 6.01. The molecule has 1 aliphatic carbocycles. The molecule has 0 saturated heterocycles. The summed E-state index contributed by atoms with van der Waals surface area (Å²) < 4.78 is 24.2. The Morgan fingerprint density at radius 2 is 2.00 bits per heavy atom. The Balaban J connectivity index is 1.93. The lowest BCUT2D eigenvalue weighted by atomic mass is 10.2. The highest BCUT2D eigenvalue weighted by molar-refractivity contribution is 7.91. The van der Waals surface area contributed by atoms with Gasteiger partial charge in [-0.05, 0) is 49.6 Å². The molecule has 1 fully saturated rings. The summed E-state index contributed by atoms with van der Waals surface area (Å²) >= 11 is 0. The Bertz CT molecular complexity index is 577. The second-order valence-corrected chi connectivity index (χ2v) is 7.09. The number of nitrogens with one attached hydrogen (secondary N) is 1. The molecular formula is C13H19N3O3S. The molecule has 110 valence electrons. The molecule has 4 N–H and O–H groups in total. The van der Waals surface area contributed by atoms with Crippen LogP contribution in [-0.4, -0.2) is 38.3 Å². The highest BCUT2D eigenvalue weighted by atomic mass is 32.2. The van der Waals surface area contributed by atoms with Gasteiger partial charge in [0.05, 0.1) is 10.6 Å². The first-order chi connectivity index (χ1) is 9.53. The first kappa shape index (κ1) is 14.8. The summed E-state index contributed by atoms with van der Waals surface area (Å²) in [5, 5.41) is 14.6. The first-order valence-corrected chi connectivity index (χ1v) is 8.19. The quantitative estimate of drug-likeness (QED) is 0.224. The number of sulfone groups is 1. The number of nitrogens with zero attached hydrogens (tertiary/aromatic N) is 1. The van der Waals surface area contributed by atoms with Crippen LogP contribution in [-0.2, 0) is 9.84 Å². The molecule has 0 heterocycles. The van der Waals surface area contributed by atoms with Crippen LogP contribution in [0.3, 0.4) is 0 Å².